The number of phosphoric ester groups is 1. The summed E-state index contributed by atoms with van der Waals surface area (Å²) in [6.07, 6.45) is 4.15. The fourth-order valence-electron chi connectivity index (χ4n) is 3.28. The number of rotatable bonds is 13. The highest BCUT2D eigenvalue weighted by atomic mass is 32.1. The number of benzene rings is 2. The molecule has 1 amide bonds. The number of nitrogens with one attached hydrogen (secondary N) is 1. The summed E-state index contributed by atoms with van der Waals surface area (Å²) in [6.45, 7) is -0.0111. The van der Waals surface area contributed by atoms with E-state index in [-0.39, 0.29) is 0 Å². The van der Waals surface area contributed by atoms with Crippen LogP contribution in [0.5, 0.6) is 5.75 Å². The summed E-state index contributed by atoms with van der Waals surface area (Å²) in [6, 6.07) is 18.4. The maximum absolute atomic E-state index is 12.3. The number of anilines is 1. The van der Waals surface area contributed by atoms with E-state index >= 15 is 0 Å². The monoisotopic (exact) mass is 504 g/mol. The van der Waals surface area contributed by atoms with Gasteiger partial charge < -0.3 is 25.6 Å². The molecule has 1 aromatic heterocycles. The molecule has 8 nitrogen and oxygen atoms in total. The third kappa shape index (κ3) is 8.68. The Bertz CT molecular complexity index is 1090. The first kappa shape index (κ1) is 26.1. The maximum atomic E-state index is 12.3. The van der Waals surface area contributed by atoms with Crippen LogP contribution < -0.4 is 15.8 Å². The molecule has 0 bridgehead atoms. The molecule has 0 saturated carbocycles. The molecule has 0 spiro atoms. The zero-order valence-electron chi connectivity index (χ0n) is 18.6. The minimum absolute atomic E-state index is 0.496. The molecule has 0 radical (unpaired) electrons. The Labute approximate surface area is 203 Å². The van der Waals surface area contributed by atoms with Gasteiger partial charge in [-0.1, -0.05) is 36.4 Å². The third-order valence-electron chi connectivity index (χ3n) is 5.00. The Hall–Kier alpha value is -2.52. The lowest BCUT2D eigenvalue weighted by atomic mass is 10.1. The van der Waals surface area contributed by atoms with E-state index in [1.54, 1.807) is 29.5 Å². The third-order valence-corrected chi connectivity index (χ3v) is 6.39. The molecule has 1 heterocycles. The van der Waals surface area contributed by atoms with Crippen LogP contribution in [0.4, 0.5) is 5.69 Å². The second-order valence-corrected chi connectivity index (χ2v) is 9.90. The van der Waals surface area contributed by atoms with E-state index < -0.39 is 26.4 Å². The quantitative estimate of drug-likeness (QED) is 0.198. The minimum atomic E-state index is -4.70. The number of phosphoric acid groups is 1. The fraction of sp³-hybridized carbons (Fsp3) is 0.292. The lowest BCUT2D eigenvalue weighted by Crippen LogP contribution is -2.39. The smallest absolute Gasteiger partial charge is 0.469 e. The van der Waals surface area contributed by atoms with E-state index in [4.69, 9.17) is 20.3 Å². The number of carbonyl (C=O) groups excluding carboxylic acids is 1. The largest absolute Gasteiger partial charge is 0.493 e. The van der Waals surface area contributed by atoms with Crippen molar-refractivity contribution in [1.82, 2.24) is 0 Å². The van der Waals surface area contributed by atoms with Crippen LogP contribution in [0.2, 0.25) is 0 Å². The lowest BCUT2D eigenvalue weighted by Gasteiger charge is -2.15. The summed E-state index contributed by atoms with van der Waals surface area (Å²) in [5, 5.41) is 4.62. The molecule has 3 aromatic rings. The Morgan fingerprint density at radius 2 is 1.85 bits per heavy atom. The molecule has 182 valence electrons. The highest BCUT2D eigenvalue weighted by molar-refractivity contribution is 7.46. The number of hydrogen-bond acceptors (Lipinski definition) is 6. The summed E-state index contributed by atoms with van der Waals surface area (Å²) < 4.78 is 21.2. The number of nitrogens with two attached hydrogens (primary N) is 1. The fourth-order valence-corrected chi connectivity index (χ4v) is 4.38. The van der Waals surface area contributed by atoms with Crippen molar-refractivity contribution in [2.75, 3.05) is 18.5 Å². The van der Waals surface area contributed by atoms with E-state index in [0.717, 1.165) is 41.9 Å². The van der Waals surface area contributed by atoms with Gasteiger partial charge in [-0.3, -0.25) is 9.32 Å². The van der Waals surface area contributed by atoms with Crippen molar-refractivity contribution in [3.05, 3.63) is 71.6 Å². The predicted molar refractivity (Wildman–Crippen MR) is 134 cm³/mol. The zero-order valence-corrected chi connectivity index (χ0v) is 20.3. The van der Waals surface area contributed by atoms with E-state index in [0.29, 0.717) is 12.3 Å². The summed E-state index contributed by atoms with van der Waals surface area (Å²) in [5.74, 6) is 0.107. The van der Waals surface area contributed by atoms with Gasteiger partial charge in [-0.2, -0.15) is 0 Å². The second-order valence-electron chi connectivity index (χ2n) is 7.72. The van der Waals surface area contributed by atoms with Gasteiger partial charge in [0.05, 0.1) is 13.2 Å². The van der Waals surface area contributed by atoms with Gasteiger partial charge in [-0.05, 0) is 60.9 Å². The number of aryl methyl sites for hydroxylation is 1. The van der Waals surface area contributed by atoms with Gasteiger partial charge >= 0.3 is 7.82 Å². The molecule has 1 atom stereocenters. The predicted octanol–water partition coefficient (Wildman–Crippen LogP) is 4.58. The van der Waals surface area contributed by atoms with Crippen molar-refractivity contribution < 1.29 is 28.4 Å². The molecule has 0 aliphatic carbocycles. The van der Waals surface area contributed by atoms with Gasteiger partial charge in [0.2, 0.25) is 5.91 Å². The normalized spacial score (nSPS) is 12.3. The number of amides is 1. The number of carbonyl (C=O) groups is 1. The first-order valence-corrected chi connectivity index (χ1v) is 13.3. The van der Waals surface area contributed by atoms with E-state index in [1.807, 2.05) is 23.6 Å². The van der Waals surface area contributed by atoms with Crippen LogP contribution in [0.15, 0.2) is 66.0 Å². The number of unbranched alkanes of at least 4 members (excludes halogenated alkanes) is 2. The highest BCUT2D eigenvalue weighted by Gasteiger charge is 2.21. The average Bonchev–Trinajstić information content (AvgIpc) is 3.35. The molecular weight excluding hydrogens is 475 g/mol. The van der Waals surface area contributed by atoms with Gasteiger partial charge in [0.15, 0.2) is 0 Å². The van der Waals surface area contributed by atoms with Gasteiger partial charge in [0.1, 0.15) is 11.8 Å². The summed E-state index contributed by atoms with van der Waals surface area (Å²) >= 11 is 1.56. The molecule has 5 N–H and O–H groups in total. The molecule has 0 saturated heterocycles. The zero-order chi connectivity index (χ0) is 24.4. The Kier molecular flexibility index (Phi) is 9.83. The van der Waals surface area contributed by atoms with Gasteiger partial charge in [0, 0.05) is 16.1 Å². The van der Waals surface area contributed by atoms with E-state index in [2.05, 4.69) is 34.1 Å². The minimum Gasteiger partial charge on any atom is -0.493 e. The SMILES string of the molecule is NC(COP(=O)(O)O)C(=O)Nc1ccc(OCCCCCc2ccccc2)c(-c2cccs2)c1. The van der Waals surface area contributed by atoms with Crippen molar-refractivity contribution in [1.29, 1.82) is 0 Å². The summed E-state index contributed by atoms with van der Waals surface area (Å²) in [7, 11) is -4.70. The lowest BCUT2D eigenvalue weighted by molar-refractivity contribution is -0.118. The highest BCUT2D eigenvalue weighted by Crippen LogP contribution is 2.36. The first-order chi connectivity index (χ1) is 16.3. The first-order valence-electron chi connectivity index (χ1n) is 10.9. The maximum Gasteiger partial charge on any atom is 0.469 e. The number of hydrogen-bond donors (Lipinski definition) is 4. The molecule has 34 heavy (non-hydrogen) atoms. The van der Waals surface area contributed by atoms with E-state index in [9.17, 15) is 9.36 Å². The van der Waals surface area contributed by atoms with Crippen LogP contribution in [-0.2, 0) is 20.3 Å². The molecule has 10 heteroatoms. The Balaban J connectivity index is 1.55. The summed E-state index contributed by atoms with van der Waals surface area (Å²) in [4.78, 5) is 30.8. The Morgan fingerprint density at radius 1 is 1.06 bits per heavy atom. The van der Waals surface area contributed by atoms with E-state index in [1.165, 1.54) is 5.56 Å². The molecule has 2 aromatic carbocycles. The van der Waals surface area contributed by atoms with Gasteiger partial charge in [-0.15, -0.1) is 11.3 Å². The Morgan fingerprint density at radius 3 is 2.56 bits per heavy atom. The van der Waals surface area contributed by atoms with Crippen molar-refractivity contribution in [3.8, 4) is 16.2 Å². The van der Waals surface area contributed by atoms with Crippen LogP contribution >= 0.6 is 19.2 Å². The van der Waals surface area contributed by atoms with Crippen molar-refractivity contribution in [3.63, 3.8) is 0 Å². The number of thiophene rings is 1. The molecule has 1 unspecified atom stereocenters. The average molecular weight is 505 g/mol. The molecule has 3 rings (SSSR count). The molecular formula is C24H29N2O6PS. The van der Waals surface area contributed by atoms with Crippen molar-refractivity contribution in [2.45, 2.75) is 31.7 Å². The topological polar surface area (TPSA) is 131 Å². The van der Waals surface area contributed by atoms with Crippen LogP contribution in [-0.4, -0.2) is 34.9 Å². The summed E-state index contributed by atoms with van der Waals surface area (Å²) in [5.41, 5.74) is 8.36. The van der Waals surface area contributed by atoms with Gasteiger partial charge in [-0.25, -0.2) is 4.57 Å². The standard InChI is InChI=1S/C24H29N2O6PS/c25-21(17-32-33(28,29)30)24(27)26-19-12-13-22(20(16-19)23-11-7-15-34-23)31-14-6-2-5-10-18-8-3-1-4-9-18/h1,3-4,7-9,11-13,15-16,21H,2,5-6,10,14,17,25H2,(H,26,27)(H2,28,29,30). The second kappa shape index (κ2) is 12.8. The van der Waals surface area contributed by atoms with Crippen molar-refractivity contribution in [2.24, 2.45) is 5.73 Å². The van der Waals surface area contributed by atoms with Crippen LogP contribution in [0.25, 0.3) is 10.4 Å². The molecule has 0 aliphatic rings. The molecule has 0 aliphatic heterocycles. The van der Waals surface area contributed by atoms with Crippen LogP contribution in [0, 0.1) is 0 Å². The number of ether oxygens (including phenoxy) is 1. The van der Waals surface area contributed by atoms with Gasteiger partial charge in [0.25, 0.3) is 0 Å². The van der Waals surface area contributed by atoms with Crippen LogP contribution in [0.3, 0.4) is 0 Å². The van der Waals surface area contributed by atoms with Crippen molar-refractivity contribution >= 4 is 30.8 Å². The molecule has 0 fully saturated rings. The van der Waals surface area contributed by atoms with Crippen LogP contribution in [0.1, 0.15) is 24.8 Å².